The standard InChI is InChI=1S/C35H36F3N3O3/c1-2-43-44-24-33(26-8-4-3-5-9-26)39-29-20-22-41(23-21-29)30-18-16-28(17-19-30)40-34(42)32-11-7-6-10-31(32)25-12-14-27(15-13-25)35(36,37)38/h3-19,29,33,39H,2,20-24H2,1H3,(H,40,42). The summed E-state index contributed by atoms with van der Waals surface area (Å²) in [6, 6.07) is 30.1. The average Bonchev–Trinajstić information content (AvgIpc) is 3.05. The van der Waals surface area contributed by atoms with Gasteiger partial charge in [-0.15, -0.1) is 0 Å². The van der Waals surface area contributed by atoms with Gasteiger partial charge in [0.05, 0.1) is 18.2 Å². The van der Waals surface area contributed by atoms with Gasteiger partial charge >= 0.3 is 6.18 Å². The SMILES string of the molecule is CCOOCC(NC1CCN(c2ccc(NC(=O)c3ccccc3-c3ccc(C(F)(F)F)cc3)cc2)CC1)c1ccccc1. The molecule has 0 aromatic heterocycles. The molecule has 4 aromatic carbocycles. The number of amides is 1. The molecule has 44 heavy (non-hydrogen) atoms. The first kappa shape index (κ1) is 31.3. The van der Waals surface area contributed by atoms with E-state index in [1.54, 1.807) is 24.3 Å². The largest absolute Gasteiger partial charge is 0.416 e. The maximum Gasteiger partial charge on any atom is 0.416 e. The van der Waals surface area contributed by atoms with Crippen LogP contribution in [0, 0.1) is 0 Å². The highest BCUT2D eigenvalue weighted by atomic mass is 19.4. The van der Waals surface area contributed by atoms with E-state index in [9.17, 15) is 18.0 Å². The predicted molar refractivity (Wildman–Crippen MR) is 166 cm³/mol. The summed E-state index contributed by atoms with van der Waals surface area (Å²) in [6.07, 6.45) is -2.48. The number of anilines is 2. The van der Waals surface area contributed by atoms with Crippen molar-refractivity contribution in [3.05, 3.63) is 120 Å². The van der Waals surface area contributed by atoms with Crippen molar-refractivity contribution in [2.45, 2.75) is 38.0 Å². The Hall–Kier alpha value is -4.18. The maximum atomic E-state index is 13.2. The van der Waals surface area contributed by atoms with E-state index in [-0.39, 0.29) is 11.9 Å². The normalized spacial score (nSPS) is 14.8. The Kier molecular flexibility index (Phi) is 10.3. The fourth-order valence-corrected chi connectivity index (χ4v) is 5.44. The van der Waals surface area contributed by atoms with Gasteiger partial charge in [0.1, 0.15) is 6.61 Å². The molecule has 0 saturated carbocycles. The Morgan fingerprint density at radius 1 is 0.864 bits per heavy atom. The van der Waals surface area contributed by atoms with Crippen LogP contribution in [0.3, 0.4) is 0 Å². The molecule has 0 aliphatic carbocycles. The molecule has 0 bridgehead atoms. The molecule has 4 aromatic rings. The van der Waals surface area contributed by atoms with Crippen LogP contribution in [0.2, 0.25) is 0 Å². The maximum absolute atomic E-state index is 13.2. The van der Waals surface area contributed by atoms with Crippen molar-refractivity contribution in [3.63, 3.8) is 0 Å². The van der Waals surface area contributed by atoms with Gasteiger partial charge in [0.25, 0.3) is 5.91 Å². The number of piperidine rings is 1. The zero-order valence-electron chi connectivity index (χ0n) is 24.5. The van der Waals surface area contributed by atoms with Gasteiger partial charge < -0.3 is 15.5 Å². The Bertz CT molecular complexity index is 1490. The monoisotopic (exact) mass is 603 g/mol. The number of nitrogens with one attached hydrogen (secondary N) is 2. The van der Waals surface area contributed by atoms with Crippen molar-refractivity contribution in [1.29, 1.82) is 0 Å². The number of hydrogen-bond acceptors (Lipinski definition) is 5. The molecule has 5 rings (SSSR count). The van der Waals surface area contributed by atoms with Crippen molar-refractivity contribution >= 4 is 17.3 Å². The summed E-state index contributed by atoms with van der Waals surface area (Å²) < 4.78 is 39.0. The number of rotatable bonds is 11. The molecule has 230 valence electrons. The molecule has 0 radical (unpaired) electrons. The Balaban J connectivity index is 1.17. The molecule has 9 heteroatoms. The molecule has 1 aliphatic rings. The van der Waals surface area contributed by atoms with E-state index in [4.69, 9.17) is 9.78 Å². The highest BCUT2D eigenvalue weighted by molar-refractivity contribution is 6.08. The summed E-state index contributed by atoms with van der Waals surface area (Å²) in [5.41, 5.74) is 3.62. The Morgan fingerprint density at radius 3 is 2.18 bits per heavy atom. The highest BCUT2D eigenvalue weighted by Gasteiger charge is 2.30. The van der Waals surface area contributed by atoms with Gasteiger partial charge in [-0.1, -0.05) is 60.7 Å². The summed E-state index contributed by atoms with van der Waals surface area (Å²) in [4.78, 5) is 26.1. The van der Waals surface area contributed by atoms with Gasteiger partial charge in [-0.05, 0) is 78.9 Å². The molecule has 2 N–H and O–H groups in total. The van der Waals surface area contributed by atoms with Crippen LogP contribution < -0.4 is 15.5 Å². The van der Waals surface area contributed by atoms with E-state index in [0.717, 1.165) is 49.3 Å². The van der Waals surface area contributed by atoms with Gasteiger partial charge in [-0.25, -0.2) is 9.78 Å². The summed E-state index contributed by atoms with van der Waals surface area (Å²) in [5, 5.41) is 6.68. The van der Waals surface area contributed by atoms with Crippen LogP contribution >= 0.6 is 0 Å². The van der Waals surface area contributed by atoms with Crippen molar-refractivity contribution < 1.29 is 27.7 Å². The van der Waals surface area contributed by atoms with Crippen molar-refractivity contribution in [2.24, 2.45) is 0 Å². The molecule has 1 amide bonds. The molecule has 1 fully saturated rings. The van der Waals surface area contributed by atoms with Crippen LogP contribution in [0.25, 0.3) is 11.1 Å². The van der Waals surface area contributed by atoms with Gasteiger partial charge in [0.2, 0.25) is 0 Å². The molecule has 6 nitrogen and oxygen atoms in total. The van der Waals surface area contributed by atoms with E-state index >= 15 is 0 Å². The third-order valence-corrected chi connectivity index (χ3v) is 7.75. The smallest absolute Gasteiger partial charge is 0.371 e. The van der Waals surface area contributed by atoms with Crippen molar-refractivity contribution in [1.82, 2.24) is 5.32 Å². The third kappa shape index (κ3) is 8.05. The minimum absolute atomic E-state index is 0.0339. The number of nitrogens with zero attached hydrogens (tertiary/aromatic N) is 1. The van der Waals surface area contributed by atoms with Crippen LogP contribution in [-0.2, 0) is 16.0 Å². The minimum Gasteiger partial charge on any atom is -0.371 e. The lowest BCUT2D eigenvalue weighted by Crippen LogP contribution is -2.44. The summed E-state index contributed by atoms with van der Waals surface area (Å²) in [6.45, 7) is 4.60. The molecular weight excluding hydrogens is 567 g/mol. The van der Waals surface area contributed by atoms with Crippen LogP contribution in [-0.4, -0.2) is 38.3 Å². The van der Waals surface area contributed by atoms with E-state index in [1.165, 1.54) is 12.1 Å². The molecule has 1 aliphatic heterocycles. The Morgan fingerprint density at radius 2 is 1.52 bits per heavy atom. The lowest BCUT2D eigenvalue weighted by Gasteiger charge is -2.36. The second kappa shape index (κ2) is 14.5. The minimum atomic E-state index is -4.42. The first-order valence-electron chi connectivity index (χ1n) is 14.8. The van der Waals surface area contributed by atoms with E-state index in [1.807, 2.05) is 49.4 Å². The van der Waals surface area contributed by atoms with Gasteiger partial charge in [-0.3, -0.25) is 4.79 Å². The van der Waals surface area contributed by atoms with Crippen molar-refractivity contribution in [3.8, 4) is 11.1 Å². The van der Waals surface area contributed by atoms with Crippen LogP contribution in [0.5, 0.6) is 0 Å². The van der Waals surface area contributed by atoms with Crippen LogP contribution in [0.4, 0.5) is 24.5 Å². The summed E-state index contributed by atoms with van der Waals surface area (Å²) in [7, 11) is 0. The number of benzene rings is 4. The quantitative estimate of drug-likeness (QED) is 0.104. The van der Waals surface area contributed by atoms with Gasteiger partial charge in [-0.2, -0.15) is 13.2 Å². The molecule has 1 heterocycles. The molecule has 1 atom stereocenters. The van der Waals surface area contributed by atoms with E-state index in [0.29, 0.717) is 41.6 Å². The third-order valence-electron chi connectivity index (χ3n) is 7.75. The lowest BCUT2D eigenvalue weighted by molar-refractivity contribution is -0.295. The fraction of sp³-hybridized carbons (Fsp3) is 0.286. The topological polar surface area (TPSA) is 62.8 Å². The molecule has 0 spiro atoms. The number of halogens is 3. The molecule has 1 saturated heterocycles. The second-order valence-electron chi connectivity index (χ2n) is 10.7. The first-order valence-corrected chi connectivity index (χ1v) is 14.8. The highest BCUT2D eigenvalue weighted by Crippen LogP contribution is 2.32. The van der Waals surface area contributed by atoms with E-state index in [2.05, 4.69) is 27.7 Å². The summed E-state index contributed by atoms with van der Waals surface area (Å²) in [5.74, 6) is -0.332. The zero-order chi connectivity index (χ0) is 30.9. The number of carbonyl (C=O) groups excluding carboxylic acids is 1. The average molecular weight is 604 g/mol. The lowest BCUT2D eigenvalue weighted by atomic mass is 9.98. The summed E-state index contributed by atoms with van der Waals surface area (Å²) >= 11 is 0. The van der Waals surface area contributed by atoms with Crippen LogP contribution in [0.1, 0.15) is 47.3 Å². The zero-order valence-corrected chi connectivity index (χ0v) is 24.5. The molecular formula is C35H36F3N3O3. The van der Waals surface area contributed by atoms with Crippen molar-refractivity contribution in [2.75, 3.05) is 36.5 Å². The predicted octanol–water partition coefficient (Wildman–Crippen LogP) is 7.89. The molecule has 1 unspecified atom stereocenters. The second-order valence-corrected chi connectivity index (χ2v) is 10.7. The van der Waals surface area contributed by atoms with E-state index < -0.39 is 11.7 Å². The van der Waals surface area contributed by atoms with Gasteiger partial charge in [0, 0.05) is 36.1 Å². The van der Waals surface area contributed by atoms with Gasteiger partial charge in [0.15, 0.2) is 0 Å². The number of alkyl halides is 3. The Labute approximate surface area is 255 Å². The first-order chi connectivity index (χ1) is 21.3. The fourth-order valence-electron chi connectivity index (χ4n) is 5.44. The number of carbonyl (C=O) groups is 1. The number of hydrogen-bond donors (Lipinski definition) is 2. The van der Waals surface area contributed by atoms with Crippen LogP contribution in [0.15, 0.2) is 103 Å².